The van der Waals surface area contributed by atoms with Gasteiger partial charge in [0.2, 0.25) is 0 Å². The van der Waals surface area contributed by atoms with Gasteiger partial charge >= 0.3 is 0 Å². The summed E-state index contributed by atoms with van der Waals surface area (Å²) >= 11 is 5.99. The lowest BCUT2D eigenvalue weighted by Gasteiger charge is -2.31. The van der Waals surface area contributed by atoms with Gasteiger partial charge in [-0.25, -0.2) is 0 Å². The minimum atomic E-state index is -0.129. The first-order valence-electron chi connectivity index (χ1n) is 8.98. The molecule has 0 atom stereocenters. The quantitative estimate of drug-likeness (QED) is 0.782. The summed E-state index contributed by atoms with van der Waals surface area (Å²) in [6.45, 7) is 0.844. The molecule has 3 rings (SSSR count). The van der Waals surface area contributed by atoms with Crippen LogP contribution in [0.25, 0.3) is 0 Å². The Morgan fingerprint density at radius 2 is 1.88 bits per heavy atom. The Morgan fingerprint density at radius 3 is 2.64 bits per heavy atom. The lowest BCUT2D eigenvalue weighted by molar-refractivity contribution is 0.102. The molecule has 1 saturated carbocycles. The highest BCUT2D eigenvalue weighted by Crippen LogP contribution is 2.25. The molecule has 1 aliphatic carbocycles. The number of carbonyl (C=O) groups excluding carboxylic acids is 1. The second-order valence-electron chi connectivity index (χ2n) is 6.83. The highest BCUT2D eigenvalue weighted by Gasteiger charge is 2.19. The van der Waals surface area contributed by atoms with Crippen molar-refractivity contribution in [2.75, 3.05) is 12.4 Å². The molecule has 25 heavy (non-hydrogen) atoms. The standard InChI is InChI=1S/C21H25ClN2O/c1-24(19-11-3-2-4-12-19)15-17-8-5-6-13-20(17)23-21(25)16-9-7-10-18(22)14-16/h5-10,13-14,19H,2-4,11-12,15H2,1H3,(H,23,25). The van der Waals surface area contributed by atoms with E-state index in [0.29, 0.717) is 16.6 Å². The van der Waals surface area contributed by atoms with Gasteiger partial charge in [0.15, 0.2) is 0 Å². The molecule has 0 heterocycles. The van der Waals surface area contributed by atoms with Crippen LogP contribution in [0.2, 0.25) is 5.02 Å². The van der Waals surface area contributed by atoms with Crippen molar-refractivity contribution in [3.8, 4) is 0 Å². The average molecular weight is 357 g/mol. The topological polar surface area (TPSA) is 32.3 Å². The van der Waals surface area contributed by atoms with Crippen molar-refractivity contribution >= 4 is 23.2 Å². The van der Waals surface area contributed by atoms with Gasteiger partial charge in [-0.15, -0.1) is 0 Å². The number of benzene rings is 2. The van der Waals surface area contributed by atoms with Crippen molar-refractivity contribution in [3.63, 3.8) is 0 Å². The predicted octanol–water partition coefficient (Wildman–Crippen LogP) is 5.36. The fourth-order valence-electron chi connectivity index (χ4n) is 3.52. The molecule has 4 heteroatoms. The molecule has 1 amide bonds. The molecule has 1 fully saturated rings. The van der Waals surface area contributed by atoms with Crippen molar-refractivity contribution in [2.24, 2.45) is 0 Å². The Labute approximate surface area is 155 Å². The number of amides is 1. The molecule has 1 aliphatic rings. The van der Waals surface area contributed by atoms with Gasteiger partial charge in [-0.3, -0.25) is 9.69 Å². The Kier molecular flexibility index (Phi) is 6.11. The average Bonchev–Trinajstić information content (AvgIpc) is 2.64. The van der Waals surface area contributed by atoms with Gasteiger partial charge in [-0.05, 0) is 49.7 Å². The molecule has 2 aromatic carbocycles. The van der Waals surface area contributed by atoms with E-state index in [4.69, 9.17) is 11.6 Å². The van der Waals surface area contributed by atoms with Crippen LogP contribution in [0.1, 0.15) is 48.0 Å². The van der Waals surface area contributed by atoms with Crippen LogP contribution in [-0.2, 0) is 6.54 Å². The van der Waals surface area contributed by atoms with Crippen molar-refractivity contribution in [3.05, 3.63) is 64.7 Å². The van der Waals surface area contributed by atoms with E-state index >= 15 is 0 Å². The lowest BCUT2D eigenvalue weighted by atomic mass is 9.94. The van der Waals surface area contributed by atoms with Gasteiger partial charge in [-0.2, -0.15) is 0 Å². The van der Waals surface area contributed by atoms with E-state index in [1.54, 1.807) is 24.3 Å². The Bertz CT molecular complexity index is 725. The molecule has 0 unspecified atom stereocenters. The summed E-state index contributed by atoms with van der Waals surface area (Å²) < 4.78 is 0. The monoisotopic (exact) mass is 356 g/mol. The molecule has 132 valence electrons. The van der Waals surface area contributed by atoms with E-state index in [9.17, 15) is 4.79 Å². The third-order valence-electron chi connectivity index (χ3n) is 4.97. The maximum atomic E-state index is 12.5. The summed E-state index contributed by atoms with van der Waals surface area (Å²) in [6, 6.07) is 15.7. The lowest BCUT2D eigenvalue weighted by Crippen LogP contribution is -2.33. The molecule has 0 aliphatic heterocycles. The van der Waals surface area contributed by atoms with Crippen LogP contribution in [0.5, 0.6) is 0 Å². The molecule has 0 saturated heterocycles. The minimum Gasteiger partial charge on any atom is -0.322 e. The summed E-state index contributed by atoms with van der Waals surface area (Å²) in [5, 5.41) is 3.61. The van der Waals surface area contributed by atoms with Crippen LogP contribution in [0, 0.1) is 0 Å². The van der Waals surface area contributed by atoms with E-state index in [1.165, 1.54) is 32.1 Å². The molecule has 3 nitrogen and oxygen atoms in total. The van der Waals surface area contributed by atoms with Crippen molar-refractivity contribution in [1.29, 1.82) is 0 Å². The fourth-order valence-corrected chi connectivity index (χ4v) is 3.71. The van der Waals surface area contributed by atoms with Crippen molar-refractivity contribution in [1.82, 2.24) is 4.90 Å². The fraction of sp³-hybridized carbons (Fsp3) is 0.381. The third kappa shape index (κ3) is 4.83. The second-order valence-corrected chi connectivity index (χ2v) is 7.27. The number of nitrogens with one attached hydrogen (secondary N) is 1. The number of nitrogens with zero attached hydrogens (tertiary/aromatic N) is 1. The maximum Gasteiger partial charge on any atom is 0.255 e. The first-order valence-corrected chi connectivity index (χ1v) is 9.36. The van der Waals surface area contributed by atoms with Crippen LogP contribution in [-0.4, -0.2) is 23.9 Å². The number of hydrogen-bond acceptors (Lipinski definition) is 2. The van der Waals surface area contributed by atoms with E-state index in [1.807, 2.05) is 18.2 Å². The second kappa shape index (κ2) is 8.50. The zero-order valence-electron chi connectivity index (χ0n) is 14.7. The summed E-state index contributed by atoms with van der Waals surface area (Å²) in [5.41, 5.74) is 2.59. The number of rotatable bonds is 5. The molecular formula is C21H25ClN2O. The van der Waals surface area contributed by atoms with Gasteiger partial charge in [-0.1, -0.05) is 55.1 Å². The first-order chi connectivity index (χ1) is 12.1. The normalized spacial score (nSPS) is 15.3. The highest BCUT2D eigenvalue weighted by atomic mass is 35.5. The van der Waals surface area contributed by atoms with Gasteiger partial charge in [0.05, 0.1) is 0 Å². The number of hydrogen-bond donors (Lipinski definition) is 1. The zero-order valence-corrected chi connectivity index (χ0v) is 15.4. The van der Waals surface area contributed by atoms with E-state index in [2.05, 4.69) is 23.3 Å². The summed E-state index contributed by atoms with van der Waals surface area (Å²) in [5.74, 6) is -0.129. The van der Waals surface area contributed by atoms with Crippen LogP contribution >= 0.6 is 11.6 Å². The Morgan fingerprint density at radius 1 is 1.12 bits per heavy atom. The SMILES string of the molecule is CN(Cc1ccccc1NC(=O)c1cccc(Cl)c1)C1CCCCC1. The number of carbonyl (C=O) groups is 1. The van der Waals surface area contributed by atoms with Gasteiger partial charge < -0.3 is 5.32 Å². The smallest absolute Gasteiger partial charge is 0.255 e. The Hall–Kier alpha value is -1.84. The molecule has 0 radical (unpaired) electrons. The number of anilines is 1. The molecule has 0 bridgehead atoms. The summed E-state index contributed by atoms with van der Waals surface area (Å²) in [4.78, 5) is 14.9. The highest BCUT2D eigenvalue weighted by molar-refractivity contribution is 6.31. The maximum absolute atomic E-state index is 12.5. The van der Waals surface area contributed by atoms with Crippen LogP contribution in [0.4, 0.5) is 5.69 Å². The molecule has 0 spiro atoms. The van der Waals surface area contributed by atoms with E-state index in [-0.39, 0.29) is 5.91 Å². The van der Waals surface area contributed by atoms with Crippen LogP contribution in [0.3, 0.4) is 0 Å². The molecule has 2 aromatic rings. The van der Waals surface area contributed by atoms with Crippen LogP contribution < -0.4 is 5.32 Å². The largest absolute Gasteiger partial charge is 0.322 e. The van der Waals surface area contributed by atoms with Crippen LogP contribution in [0.15, 0.2) is 48.5 Å². The zero-order chi connectivity index (χ0) is 17.6. The minimum absolute atomic E-state index is 0.129. The summed E-state index contributed by atoms with van der Waals surface area (Å²) in [7, 11) is 2.19. The van der Waals surface area contributed by atoms with Gasteiger partial charge in [0.25, 0.3) is 5.91 Å². The molecule has 0 aromatic heterocycles. The number of para-hydroxylation sites is 1. The predicted molar refractivity (Wildman–Crippen MR) is 104 cm³/mol. The van der Waals surface area contributed by atoms with Gasteiger partial charge in [0, 0.05) is 28.9 Å². The first kappa shape index (κ1) is 18.0. The van der Waals surface area contributed by atoms with Crippen molar-refractivity contribution < 1.29 is 4.79 Å². The molecule has 1 N–H and O–H groups in total. The molecular weight excluding hydrogens is 332 g/mol. The number of halogens is 1. The third-order valence-corrected chi connectivity index (χ3v) is 5.21. The Balaban J connectivity index is 1.71. The van der Waals surface area contributed by atoms with Crippen molar-refractivity contribution in [2.45, 2.75) is 44.7 Å². The van der Waals surface area contributed by atoms with Gasteiger partial charge in [0.1, 0.15) is 0 Å². The summed E-state index contributed by atoms with van der Waals surface area (Å²) in [6.07, 6.45) is 6.54. The van der Waals surface area contributed by atoms with E-state index < -0.39 is 0 Å². The van der Waals surface area contributed by atoms with E-state index in [0.717, 1.165) is 17.8 Å².